The Bertz CT molecular complexity index is 575. The normalized spacial score (nSPS) is 10.9. The molecular weight excluding hydrogens is 300 g/mol. The Hall–Kier alpha value is -1.91. The molecule has 0 fully saturated rings. The maximum atomic E-state index is 13.2. The number of carbonyl (C=O) groups is 2. The van der Waals surface area contributed by atoms with E-state index in [2.05, 4.69) is 9.47 Å². The molecule has 0 bridgehead atoms. The quantitative estimate of drug-likeness (QED) is 0.285. The standard InChI is InChI=1S/C13H11F3O5.Li.H/c1-2-20-12(19)11(18)6-10(17)7-3-8(14)5-9(4-7)21-13(15)16;;/h3-6,13,17H,2H2,1H3;;. The Balaban J connectivity index is 0.00000441. The van der Waals surface area contributed by atoms with E-state index in [1.54, 1.807) is 0 Å². The van der Waals surface area contributed by atoms with Gasteiger partial charge < -0.3 is 14.6 Å². The van der Waals surface area contributed by atoms with Crippen LogP contribution in [0.1, 0.15) is 12.5 Å². The van der Waals surface area contributed by atoms with Gasteiger partial charge in [0.15, 0.2) is 0 Å². The minimum atomic E-state index is -3.17. The summed E-state index contributed by atoms with van der Waals surface area (Å²) < 4.78 is 45.7. The Kier molecular flexibility index (Phi) is 8.38. The molecule has 0 saturated carbocycles. The molecule has 1 aromatic carbocycles. The third-order valence-corrected chi connectivity index (χ3v) is 2.14. The predicted octanol–water partition coefficient (Wildman–Crippen LogP) is 1.81. The number of aliphatic hydroxyl groups excluding tert-OH is 1. The van der Waals surface area contributed by atoms with E-state index >= 15 is 0 Å². The van der Waals surface area contributed by atoms with Crippen molar-refractivity contribution in [1.82, 2.24) is 0 Å². The number of ketones is 1. The van der Waals surface area contributed by atoms with Crippen molar-refractivity contribution < 1.29 is 37.3 Å². The number of carbonyl (C=O) groups excluding carboxylic acids is 2. The summed E-state index contributed by atoms with van der Waals surface area (Å²) in [6, 6.07) is 2.35. The van der Waals surface area contributed by atoms with Crippen LogP contribution in [0.2, 0.25) is 0 Å². The first-order valence-electron chi connectivity index (χ1n) is 5.71. The Labute approximate surface area is 135 Å². The molecule has 1 rings (SSSR count). The molecule has 0 amide bonds. The van der Waals surface area contributed by atoms with Crippen molar-refractivity contribution in [1.29, 1.82) is 0 Å². The minimum absolute atomic E-state index is 0. The summed E-state index contributed by atoms with van der Waals surface area (Å²) >= 11 is 0. The van der Waals surface area contributed by atoms with Crippen molar-refractivity contribution in [2.24, 2.45) is 0 Å². The molecule has 22 heavy (non-hydrogen) atoms. The molecule has 1 aromatic rings. The molecule has 0 spiro atoms. The summed E-state index contributed by atoms with van der Waals surface area (Å²) in [5, 5.41) is 9.61. The molecule has 116 valence electrons. The molecule has 5 nitrogen and oxygen atoms in total. The number of benzene rings is 1. The molecule has 0 aromatic heterocycles. The van der Waals surface area contributed by atoms with E-state index < -0.39 is 35.7 Å². The van der Waals surface area contributed by atoms with Gasteiger partial charge in [-0.15, -0.1) is 0 Å². The summed E-state index contributed by atoms with van der Waals surface area (Å²) in [6.07, 6.45) is 0.499. The monoisotopic (exact) mass is 312 g/mol. The fourth-order valence-electron chi connectivity index (χ4n) is 1.35. The zero-order chi connectivity index (χ0) is 16.0. The van der Waals surface area contributed by atoms with Crippen molar-refractivity contribution >= 4 is 36.4 Å². The second kappa shape index (κ2) is 9.18. The van der Waals surface area contributed by atoms with Gasteiger partial charge in [-0.05, 0) is 19.1 Å². The fraction of sp³-hybridized carbons (Fsp3) is 0.231. The summed E-state index contributed by atoms with van der Waals surface area (Å²) in [7, 11) is 0. The van der Waals surface area contributed by atoms with Crippen LogP contribution in [0.15, 0.2) is 24.3 Å². The number of halogens is 3. The van der Waals surface area contributed by atoms with Gasteiger partial charge in [0, 0.05) is 17.7 Å². The van der Waals surface area contributed by atoms with Crippen molar-refractivity contribution in [2.45, 2.75) is 13.5 Å². The second-order valence-corrected chi connectivity index (χ2v) is 3.67. The van der Waals surface area contributed by atoms with Crippen LogP contribution in [0.5, 0.6) is 5.75 Å². The van der Waals surface area contributed by atoms with Crippen LogP contribution >= 0.6 is 0 Å². The Morgan fingerprint density at radius 1 is 1.32 bits per heavy atom. The molecular formula is C13H12F3LiO5. The molecule has 0 atom stereocenters. The van der Waals surface area contributed by atoms with Gasteiger partial charge in [-0.2, -0.15) is 8.78 Å². The summed E-state index contributed by atoms with van der Waals surface area (Å²) in [4.78, 5) is 22.4. The summed E-state index contributed by atoms with van der Waals surface area (Å²) in [5.41, 5.74) is -0.303. The molecule has 9 heteroatoms. The third-order valence-electron chi connectivity index (χ3n) is 2.14. The van der Waals surface area contributed by atoms with Crippen LogP contribution in [0.4, 0.5) is 13.2 Å². The number of ether oxygens (including phenoxy) is 2. The summed E-state index contributed by atoms with van der Waals surface area (Å²) in [5.74, 6) is -4.67. The maximum absolute atomic E-state index is 13.2. The second-order valence-electron chi connectivity index (χ2n) is 3.67. The number of rotatable bonds is 6. The van der Waals surface area contributed by atoms with Crippen molar-refractivity contribution in [3.8, 4) is 5.75 Å². The molecule has 1 N–H and O–H groups in total. The Morgan fingerprint density at radius 3 is 2.50 bits per heavy atom. The predicted molar refractivity (Wildman–Crippen MR) is 72.4 cm³/mol. The van der Waals surface area contributed by atoms with Gasteiger partial charge in [-0.3, -0.25) is 4.79 Å². The van der Waals surface area contributed by atoms with Crippen LogP contribution in [0.3, 0.4) is 0 Å². The van der Waals surface area contributed by atoms with Crippen LogP contribution in [-0.2, 0) is 14.3 Å². The first-order chi connectivity index (χ1) is 9.83. The van der Waals surface area contributed by atoms with E-state index in [4.69, 9.17) is 0 Å². The van der Waals surface area contributed by atoms with Crippen LogP contribution < -0.4 is 4.74 Å². The van der Waals surface area contributed by atoms with Crippen molar-refractivity contribution in [3.05, 3.63) is 35.7 Å². The van der Waals surface area contributed by atoms with Crippen LogP contribution in [0, 0.1) is 5.82 Å². The number of hydrogen-bond donors (Lipinski definition) is 1. The zero-order valence-electron chi connectivity index (χ0n) is 10.8. The van der Waals surface area contributed by atoms with E-state index in [9.17, 15) is 27.9 Å². The van der Waals surface area contributed by atoms with Crippen LogP contribution in [0.25, 0.3) is 5.76 Å². The van der Waals surface area contributed by atoms with Gasteiger partial charge in [-0.1, -0.05) is 0 Å². The van der Waals surface area contributed by atoms with Gasteiger partial charge in [-0.25, -0.2) is 9.18 Å². The van der Waals surface area contributed by atoms with E-state index in [0.717, 1.165) is 12.1 Å². The van der Waals surface area contributed by atoms with Crippen molar-refractivity contribution in [3.63, 3.8) is 0 Å². The number of hydrogen-bond acceptors (Lipinski definition) is 5. The van der Waals surface area contributed by atoms with E-state index in [1.165, 1.54) is 6.92 Å². The molecule has 0 aliphatic rings. The first-order valence-corrected chi connectivity index (χ1v) is 5.71. The van der Waals surface area contributed by atoms with E-state index in [-0.39, 0.29) is 31.0 Å². The van der Waals surface area contributed by atoms with E-state index in [0.29, 0.717) is 12.1 Å². The average Bonchev–Trinajstić information content (AvgIpc) is 2.37. The third kappa shape index (κ3) is 6.24. The Morgan fingerprint density at radius 2 is 1.95 bits per heavy atom. The van der Waals surface area contributed by atoms with Gasteiger partial charge in [0.05, 0.1) is 6.61 Å². The van der Waals surface area contributed by atoms with Gasteiger partial charge in [0.2, 0.25) is 0 Å². The van der Waals surface area contributed by atoms with Gasteiger partial charge in [0.1, 0.15) is 17.3 Å². The topological polar surface area (TPSA) is 72.8 Å². The molecule has 0 heterocycles. The molecule has 0 radical (unpaired) electrons. The van der Waals surface area contributed by atoms with E-state index in [1.807, 2.05) is 0 Å². The number of aliphatic hydroxyl groups is 1. The molecule has 0 aliphatic heterocycles. The van der Waals surface area contributed by atoms with Gasteiger partial charge >= 0.3 is 31.4 Å². The molecule has 0 saturated heterocycles. The first kappa shape index (κ1) is 20.1. The van der Waals surface area contributed by atoms with Crippen molar-refractivity contribution in [2.75, 3.05) is 6.61 Å². The molecule has 0 unspecified atom stereocenters. The average molecular weight is 312 g/mol. The zero-order valence-corrected chi connectivity index (χ0v) is 10.8. The SMILES string of the molecule is CCOC(=O)C(=O)C=C(O)c1cc(F)cc(OC(F)F)c1.[LiH]. The number of alkyl halides is 2. The van der Waals surface area contributed by atoms with Gasteiger partial charge in [0.25, 0.3) is 5.78 Å². The summed E-state index contributed by atoms with van der Waals surface area (Å²) in [6.45, 7) is -1.73. The molecule has 0 aliphatic carbocycles. The van der Waals surface area contributed by atoms with Crippen LogP contribution in [-0.4, -0.2) is 48.9 Å². The fourth-order valence-corrected chi connectivity index (χ4v) is 1.35. The number of esters is 1.